The summed E-state index contributed by atoms with van der Waals surface area (Å²) in [4.78, 5) is 0. The maximum absolute atomic E-state index is 8.37. The molecule has 0 aliphatic rings. The van der Waals surface area contributed by atoms with Gasteiger partial charge in [-0.1, -0.05) is 19.0 Å². The molecule has 0 amide bonds. The van der Waals surface area contributed by atoms with Crippen LogP contribution in [-0.4, -0.2) is 10.9 Å². The van der Waals surface area contributed by atoms with Gasteiger partial charge in [-0.2, -0.15) is 30.3 Å². The SMILES string of the molecule is C/C(=N\O)c1cc[c-]cc1.CC.[Y]. The average molecular weight is 253 g/mol. The molecule has 0 saturated carbocycles. The summed E-state index contributed by atoms with van der Waals surface area (Å²) in [7, 11) is 0. The van der Waals surface area contributed by atoms with Crippen molar-refractivity contribution in [1.82, 2.24) is 0 Å². The van der Waals surface area contributed by atoms with Crippen LogP contribution in [0.5, 0.6) is 0 Å². The molecule has 2 nitrogen and oxygen atoms in total. The smallest absolute Gasteiger partial charge is 0.0596 e. The molecule has 0 atom stereocenters. The Kier molecular flexibility index (Phi) is 11.6. The monoisotopic (exact) mass is 253 g/mol. The van der Waals surface area contributed by atoms with Gasteiger partial charge in [0.05, 0.1) is 5.71 Å². The third-order valence-electron chi connectivity index (χ3n) is 1.29. The molecule has 0 aromatic heterocycles. The van der Waals surface area contributed by atoms with Crippen LogP contribution in [0.15, 0.2) is 29.4 Å². The third-order valence-corrected chi connectivity index (χ3v) is 1.29. The van der Waals surface area contributed by atoms with Crippen LogP contribution >= 0.6 is 0 Å². The second-order valence-electron chi connectivity index (χ2n) is 1.97. The van der Waals surface area contributed by atoms with Crippen molar-refractivity contribution >= 4 is 5.71 Å². The molecule has 0 aliphatic heterocycles. The summed E-state index contributed by atoms with van der Waals surface area (Å²) < 4.78 is 0. The van der Waals surface area contributed by atoms with Crippen molar-refractivity contribution in [2.24, 2.45) is 5.16 Å². The summed E-state index contributed by atoms with van der Waals surface area (Å²) in [5, 5.41) is 11.4. The molecule has 0 fully saturated rings. The van der Waals surface area contributed by atoms with E-state index in [1.807, 2.05) is 26.0 Å². The Balaban J connectivity index is 0. The molecule has 1 rings (SSSR count). The molecule has 13 heavy (non-hydrogen) atoms. The molecule has 1 radical (unpaired) electrons. The Morgan fingerprint density at radius 2 is 1.77 bits per heavy atom. The topological polar surface area (TPSA) is 32.6 Å². The van der Waals surface area contributed by atoms with E-state index in [1.165, 1.54) is 0 Å². The van der Waals surface area contributed by atoms with Crippen molar-refractivity contribution in [3.05, 3.63) is 35.9 Å². The molecule has 1 N–H and O–H groups in total. The Morgan fingerprint density at radius 1 is 1.31 bits per heavy atom. The van der Waals surface area contributed by atoms with E-state index in [1.54, 1.807) is 19.1 Å². The Labute approximate surface area is 105 Å². The normalized spacial score (nSPS) is 9.31. The van der Waals surface area contributed by atoms with E-state index in [0.717, 1.165) is 5.56 Å². The van der Waals surface area contributed by atoms with Crippen LogP contribution in [0.1, 0.15) is 26.3 Å². The maximum Gasteiger partial charge on any atom is 0.0596 e. The van der Waals surface area contributed by atoms with Gasteiger partial charge in [-0.25, -0.2) is 0 Å². The van der Waals surface area contributed by atoms with Gasteiger partial charge in [-0.3, -0.25) is 0 Å². The van der Waals surface area contributed by atoms with Gasteiger partial charge in [0.1, 0.15) is 0 Å². The second-order valence-corrected chi connectivity index (χ2v) is 1.97. The van der Waals surface area contributed by atoms with Gasteiger partial charge in [0, 0.05) is 32.7 Å². The molecule has 0 bridgehead atoms. The first-order chi connectivity index (χ1) is 5.84. The van der Waals surface area contributed by atoms with Crippen LogP contribution in [0, 0.1) is 6.07 Å². The van der Waals surface area contributed by atoms with Gasteiger partial charge < -0.3 is 5.21 Å². The van der Waals surface area contributed by atoms with E-state index in [0.29, 0.717) is 5.71 Å². The van der Waals surface area contributed by atoms with Crippen molar-refractivity contribution in [3.63, 3.8) is 0 Å². The van der Waals surface area contributed by atoms with E-state index in [2.05, 4.69) is 11.2 Å². The average Bonchev–Trinajstić information content (AvgIpc) is 2.21. The molecule has 0 unspecified atom stereocenters. The quantitative estimate of drug-likeness (QED) is 0.355. The molecular weight excluding hydrogens is 239 g/mol. The van der Waals surface area contributed by atoms with Crippen molar-refractivity contribution in [1.29, 1.82) is 0 Å². The second kappa shape index (κ2) is 9.88. The van der Waals surface area contributed by atoms with E-state index in [4.69, 9.17) is 5.21 Å². The fourth-order valence-corrected chi connectivity index (χ4v) is 0.686. The minimum atomic E-state index is 0. The van der Waals surface area contributed by atoms with Crippen LogP contribution in [-0.2, 0) is 32.7 Å². The number of hydrogen-bond donors (Lipinski definition) is 1. The molecule has 0 aliphatic carbocycles. The maximum atomic E-state index is 8.37. The van der Waals surface area contributed by atoms with Gasteiger partial charge in [0.2, 0.25) is 0 Å². The molecule has 3 heteroatoms. The Hall–Kier alpha value is -0.206. The first-order valence-corrected chi connectivity index (χ1v) is 3.99. The fraction of sp³-hybridized carbons (Fsp3) is 0.300. The summed E-state index contributed by atoms with van der Waals surface area (Å²) in [6.45, 7) is 5.75. The summed E-state index contributed by atoms with van der Waals surface area (Å²) in [6, 6.07) is 10.1. The van der Waals surface area contributed by atoms with Crippen LogP contribution in [0.4, 0.5) is 0 Å². The first-order valence-electron chi connectivity index (χ1n) is 3.99. The molecule has 0 heterocycles. The Morgan fingerprint density at radius 3 is 2.15 bits per heavy atom. The molecule has 0 saturated heterocycles. The number of rotatable bonds is 1. The standard InChI is InChI=1S/C8H8NO.C2H6.Y/c1-7(9-10)8-5-3-2-4-6-8;1-2;/h3-6,10H,1H3;1-2H3;/q-1;;/b9-7+;;. The molecule has 1 aromatic rings. The van der Waals surface area contributed by atoms with E-state index < -0.39 is 0 Å². The Bertz CT molecular complexity index is 234. The van der Waals surface area contributed by atoms with Crippen LogP contribution in [0.3, 0.4) is 0 Å². The van der Waals surface area contributed by atoms with Gasteiger partial charge in [-0.15, -0.1) is 5.56 Å². The van der Waals surface area contributed by atoms with Crippen molar-refractivity contribution < 1.29 is 37.9 Å². The van der Waals surface area contributed by atoms with Crippen molar-refractivity contribution in [2.75, 3.05) is 0 Å². The largest absolute Gasteiger partial charge is 0.411 e. The first kappa shape index (κ1) is 15.3. The molecule has 69 valence electrons. The van der Waals surface area contributed by atoms with E-state index >= 15 is 0 Å². The summed E-state index contributed by atoms with van der Waals surface area (Å²) >= 11 is 0. The number of oxime groups is 1. The predicted molar refractivity (Wildman–Crippen MR) is 50.6 cm³/mol. The summed E-state index contributed by atoms with van der Waals surface area (Å²) in [5.74, 6) is 0. The van der Waals surface area contributed by atoms with Gasteiger partial charge in [0.25, 0.3) is 0 Å². The zero-order valence-corrected chi connectivity index (χ0v) is 11.1. The van der Waals surface area contributed by atoms with Gasteiger partial charge in [0.15, 0.2) is 0 Å². The van der Waals surface area contributed by atoms with Crippen molar-refractivity contribution in [3.8, 4) is 0 Å². The summed E-state index contributed by atoms with van der Waals surface area (Å²) in [6.07, 6.45) is 0. The molecule has 0 spiro atoms. The minimum absolute atomic E-state index is 0. The van der Waals surface area contributed by atoms with E-state index in [-0.39, 0.29) is 32.7 Å². The number of nitrogens with zero attached hydrogens (tertiary/aromatic N) is 1. The van der Waals surface area contributed by atoms with Gasteiger partial charge >= 0.3 is 0 Å². The van der Waals surface area contributed by atoms with Crippen LogP contribution < -0.4 is 0 Å². The zero-order chi connectivity index (χ0) is 9.40. The van der Waals surface area contributed by atoms with E-state index in [9.17, 15) is 0 Å². The summed E-state index contributed by atoms with van der Waals surface area (Å²) in [5.41, 5.74) is 1.54. The molecular formula is C10H14NOY-. The number of hydrogen-bond acceptors (Lipinski definition) is 2. The minimum Gasteiger partial charge on any atom is -0.411 e. The van der Waals surface area contributed by atoms with Crippen molar-refractivity contribution in [2.45, 2.75) is 20.8 Å². The van der Waals surface area contributed by atoms with Crippen LogP contribution in [0.25, 0.3) is 0 Å². The predicted octanol–water partition coefficient (Wildman–Crippen LogP) is 2.71. The van der Waals surface area contributed by atoms with Crippen LogP contribution in [0.2, 0.25) is 0 Å². The molecule has 1 aromatic carbocycles. The number of benzene rings is 1. The third kappa shape index (κ3) is 5.95. The zero-order valence-electron chi connectivity index (χ0n) is 8.28. The van der Waals surface area contributed by atoms with Gasteiger partial charge in [-0.05, 0) is 6.92 Å². The fourth-order valence-electron chi connectivity index (χ4n) is 0.686.